The summed E-state index contributed by atoms with van der Waals surface area (Å²) in [5, 5.41) is 6.48. The van der Waals surface area contributed by atoms with Gasteiger partial charge in [0, 0.05) is 23.1 Å². The molecule has 0 bridgehead atoms. The molecule has 0 fully saturated rings. The van der Waals surface area contributed by atoms with Crippen molar-refractivity contribution >= 4 is 29.1 Å². The Morgan fingerprint density at radius 1 is 0.929 bits per heavy atom. The highest BCUT2D eigenvalue weighted by Gasteiger charge is 2.07. The Hall–Kier alpha value is -3.41. The molecule has 0 unspecified atom stereocenters. The lowest BCUT2D eigenvalue weighted by Crippen LogP contribution is -2.05. The van der Waals surface area contributed by atoms with Crippen LogP contribution in [-0.4, -0.2) is 22.5 Å². The molecule has 0 atom stereocenters. The number of carbonyl (C=O) groups is 1. The van der Waals surface area contributed by atoms with E-state index in [1.165, 1.54) is 5.56 Å². The molecule has 2 N–H and O–H groups in total. The number of aryl methyl sites for hydroxylation is 2. The molecule has 0 radical (unpaired) electrons. The summed E-state index contributed by atoms with van der Waals surface area (Å²) in [5.41, 5.74) is 4.40. The number of rotatable bonds is 7. The van der Waals surface area contributed by atoms with Crippen LogP contribution >= 0.6 is 0 Å². The number of aromatic nitrogens is 2. The van der Waals surface area contributed by atoms with E-state index >= 15 is 0 Å². The molecule has 28 heavy (non-hydrogen) atoms. The lowest BCUT2D eigenvalue weighted by molar-refractivity contribution is 0.0526. The second-order valence-corrected chi connectivity index (χ2v) is 6.32. The van der Waals surface area contributed by atoms with Crippen LogP contribution in [0.4, 0.5) is 23.1 Å². The van der Waals surface area contributed by atoms with E-state index in [9.17, 15) is 4.79 Å². The number of benzene rings is 2. The van der Waals surface area contributed by atoms with Gasteiger partial charge in [-0.15, -0.1) is 0 Å². The summed E-state index contributed by atoms with van der Waals surface area (Å²) < 4.78 is 5.00. The Balaban J connectivity index is 1.73. The molecule has 1 heterocycles. The van der Waals surface area contributed by atoms with Crippen LogP contribution < -0.4 is 10.6 Å². The summed E-state index contributed by atoms with van der Waals surface area (Å²) in [6, 6.07) is 17.2. The Morgan fingerprint density at radius 2 is 1.57 bits per heavy atom. The third-order valence-electron chi connectivity index (χ3n) is 4.14. The van der Waals surface area contributed by atoms with E-state index in [4.69, 9.17) is 4.74 Å². The van der Waals surface area contributed by atoms with E-state index in [-0.39, 0.29) is 5.97 Å². The van der Waals surface area contributed by atoms with Crippen LogP contribution in [0.15, 0.2) is 54.6 Å². The van der Waals surface area contributed by atoms with Gasteiger partial charge in [-0.05, 0) is 62.2 Å². The Labute approximate surface area is 165 Å². The predicted molar refractivity (Wildman–Crippen MR) is 112 cm³/mol. The van der Waals surface area contributed by atoms with Crippen LogP contribution in [0.3, 0.4) is 0 Å². The molecule has 0 aliphatic carbocycles. The number of nitrogens with one attached hydrogen (secondary N) is 2. The first kappa shape index (κ1) is 19.4. The van der Waals surface area contributed by atoms with Gasteiger partial charge in [-0.25, -0.2) is 9.78 Å². The molecule has 1 aromatic heterocycles. The van der Waals surface area contributed by atoms with Gasteiger partial charge in [0.15, 0.2) is 0 Å². The van der Waals surface area contributed by atoms with Crippen LogP contribution in [0.2, 0.25) is 0 Å². The average molecular weight is 376 g/mol. The van der Waals surface area contributed by atoms with Gasteiger partial charge in [-0.2, -0.15) is 4.98 Å². The fraction of sp³-hybridized carbons (Fsp3) is 0.227. The van der Waals surface area contributed by atoms with Gasteiger partial charge in [0.05, 0.1) is 12.2 Å². The molecule has 144 valence electrons. The molecule has 6 nitrogen and oxygen atoms in total. The smallest absolute Gasteiger partial charge is 0.338 e. The van der Waals surface area contributed by atoms with Crippen molar-refractivity contribution in [2.75, 3.05) is 17.2 Å². The van der Waals surface area contributed by atoms with Gasteiger partial charge in [-0.3, -0.25) is 0 Å². The van der Waals surface area contributed by atoms with Gasteiger partial charge in [0.1, 0.15) is 5.82 Å². The number of carbonyl (C=O) groups excluding carboxylic acids is 1. The summed E-state index contributed by atoms with van der Waals surface area (Å²) in [5.74, 6) is 0.867. The first-order chi connectivity index (χ1) is 13.6. The molecule has 0 saturated heterocycles. The zero-order valence-electron chi connectivity index (χ0n) is 16.3. The molecule has 3 rings (SSSR count). The number of esters is 1. The number of hydrogen-bond donors (Lipinski definition) is 2. The van der Waals surface area contributed by atoms with Crippen molar-refractivity contribution < 1.29 is 9.53 Å². The van der Waals surface area contributed by atoms with Crippen LogP contribution in [0.25, 0.3) is 0 Å². The van der Waals surface area contributed by atoms with Crippen molar-refractivity contribution in [3.05, 3.63) is 71.4 Å². The second-order valence-electron chi connectivity index (χ2n) is 6.32. The van der Waals surface area contributed by atoms with Crippen molar-refractivity contribution in [1.82, 2.24) is 9.97 Å². The van der Waals surface area contributed by atoms with Crippen LogP contribution in [-0.2, 0) is 11.2 Å². The topological polar surface area (TPSA) is 76.1 Å². The summed E-state index contributed by atoms with van der Waals surface area (Å²) in [7, 11) is 0. The standard InChI is InChI=1S/C22H24N4O2/c1-4-16-6-10-19(11-7-16)25-22-23-15(3)14-20(26-22)24-18-12-8-17(9-13-18)21(27)28-5-2/h6-14H,4-5H2,1-3H3,(H2,23,24,25,26). The third-order valence-corrected chi connectivity index (χ3v) is 4.14. The van der Waals surface area contributed by atoms with Gasteiger partial charge >= 0.3 is 5.97 Å². The van der Waals surface area contributed by atoms with E-state index in [0.717, 1.165) is 23.5 Å². The molecular weight excluding hydrogens is 352 g/mol. The maximum atomic E-state index is 11.7. The van der Waals surface area contributed by atoms with Gasteiger partial charge in [0.25, 0.3) is 0 Å². The normalized spacial score (nSPS) is 10.4. The minimum absolute atomic E-state index is 0.326. The highest BCUT2D eigenvalue weighted by Crippen LogP contribution is 2.20. The van der Waals surface area contributed by atoms with E-state index in [1.807, 2.05) is 37.3 Å². The van der Waals surface area contributed by atoms with Gasteiger partial charge in [-0.1, -0.05) is 19.1 Å². The van der Waals surface area contributed by atoms with Crippen LogP contribution in [0, 0.1) is 6.92 Å². The van der Waals surface area contributed by atoms with E-state index in [2.05, 4.69) is 39.7 Å². The number of hydrogen-bond acceptors (Lipinski definition) is 6. The zero-order valence-corrected chi connectivity index (χ0v) is 16.3. The van der Waals surface area contributed by atoms with E-state index < -0.39 is 0 Å². The monoisotopic (exact) mass is 376 g/mol. The lowest BCUT2D eigenvalue weighted by atomic mass is 10.1. The predicted octanol–water partition coefficient (Wildman–Crippen LogP) is 5.01. The molecule has 0 saturated carbocycles. The molecule has 0 spiro atoms. The maximum Gasteiger partial charge on any atom is 0.338 e. The summed E-state index contributed by atoms with van der Waals surface area (Å²) in [6.45, 7) is 6.19. The molecule has 3 aromatic rings. The van der Waals surface area contributed by atoms with Crippen molar-refractivity contribution in [3.8, 4) is 0 Å². The Bertz CT molecular complexity index is 938. The highest BCUT2D eigenvalue weighted by atomic mass is 16.5. The molecular formula is C22H24N4O2. The first-order valence-corrected chi connectivity index (χ1v) is 9.33. The van der Waals surface area contributed by atoms with Gasteiger partial charge < -0.3 is 15.4 Å². The van der Waals surface area contributed by atoms with Crippen molar-refractivity contribution in [2.45, 2.75) is 27.2 Å². The fourth-order valence-electron chi connectivity index (χ4n) is 2.69. The van der Waals surface area contributed by atoms with E-state index in [0.29, 0.717) is 23.9 Å². The zero-order chi connectivity index (χ0) is 19.9. The minimum Gasteiger partial charge on any atom is -0.462 e. The third kappa shape index (κ3) is 5.07. The first-order valence-electron chi connectivity index (χ1n) is 9.33. The van der Waals surface area contributed by atoms with Crippen molar-refractivity contribution in [2.24, 2.45) is 0 Å². The minimum atomic E-state index is -0.326. The second kappa shape index (κ2) is 8.99. The van der Waals surface area contributed by atoms with Crippen molar-refractivity contribution in [1.29, 1.82) is 0 Å². The molecule has 0 aliphatic rings. The van der Waals surface area contributed by atoms with E-state index in [1.54, 1.807) is 19.1 Å². The van der Waals surface area contributed by atoms with Crippen LogP contribution in [0.5, 0.6) is 0 Å². The summed E-state index contributed by atoms with van der Waals surface area (Å²) in [6.07, 6.45) is 1.00. The highest BCUT2D eigenvalue weighted by molar-refractivity contribution is 5.89. The quantitative estimate of drug-likeness (QED) is 0.565. The lowest BCUT2D eigenvalue weighted by Gasteiger charge is -2.11. The van der Waals surface area contributed by atoms with Gasteiger partial charge in [0.2, 0.25) is 5.95 Å². The molecule has 0 amide bonds. The number of ether oxygens (including phenoxy) is 1. The number of anilines is 4. The van der Waals surface area contributed by atoms with Crippen molar-refractivity contribution in [3.63, 3.8) is 0 Å². The molecule has 2 aromatic carbocycles. The largest absolute Gasteiger partial charge is 0.462 e. The maximum absolute atomic E-state index is 11.7. The Kier molecular flexibility index (Phi) is 6.22. The summed E-state index contributed by atoms with van der Waals surface area (Å²) >= 11 is 0. The average Bonchev–Trinajstić information content (AvgIpc) is 2.69. The van der Waals surface area contributed by atoms with Crippen LogP contribution in [0.1, 0.15) is 35.5 Å². The molecule has 0 aliphatic heterocycles. The Morgan fingerprint density at radius 3 is 2.21 bits per heavy atom. The molecule has 6 heteroatoms. The SMILES string of the molecule is CCOC(=O)c1ccc(Nc2cc(C)nc(Nc3ccc(CC)cc3)n2)cc1. The summed E-state index contributed by atoms with van der Waals surface area (Å²) in [4.78, 5) is 20.7. The number of nitrogens with zero attached hydrogens (tertiary/aromatic N) is 2. The fourth-order valence-corrected chi connectivity index (χ4v) is 2.69.